The van der Waals surface area contributed by atoms with Gasteiger partial charge in [-0.3, -0.25) is 4.48 Å². The van der Waals surface area contributed by atoms with E-state index in [9.17, 15) is 20.1 Å². The molecule has 0 aliphatic rings. The van der Waals surface area contributed by atoms with E-state index in [1.807, 2.05) is 0 Å². The number of carbonyl (C=O) groups is 1. The monoisotopic (exact) mass is 217 g/mol. The number of aliphatic carboxylic acids is 1. The van der Waals surface area contributed by atoms with E-state index < -0.39 is 22.4 Å². The summed E-state index contributed by atoms with van der Waals surface area (Å²) in [4.78, 5) is 10.9. The topological polar surface area (TPSA) is 80.6 Å². The zero-order valence-corrected chi connectivity index (χ0v) is 9.43. The summed E-state index contributed by atoms with van der Waals surface area (Å²) in [5.41, 5.74) is -2.09. The fourth-order valence-electron chi connectivity index (χ4n) is 1.45. The summed E-state index contributed by atoms with van der Waals surface area (Å²) in [6, 6.07) is 0. The normalized spacial score (nSPS) is 17.9. The van der Waals surface area contributed by atoms with Crippen LogP contribution >= 0.6 is 0 Å². The van der Waals surface area contributed by atoms with Crippen molar-refractivity contribution in [1.29, 1.82) is 0 Å². The van der Waals surface area contributed by atoms with E-state index in [1.54, 1.807) is 0 Å². The van der Waals surface area contributed by atoms with Crippen LogP contribution in [-0.2, 0) is 4.79 Å². The fourth-order valence-corrected chi connectivity index (χ4v) is 1.45. The Morgan fingerprint density at radius 3 is 2.40 bits per heavy atom. The molecule has 0 fully saturated rings. The molecule has 0 aromatic carbocycles. The molecule has 5 nitrogen and oxygen atoms in total. The van der Waals surface area contributed by atoms with Crippen molar-refractivity contribution in [2.75, 3.05) is 14.1 Å². The molecular formula is C10H19NO4. The summed E-state index contributed by atoms with van der Waals surface area (Å²) < 4.78 is -0.474. The minimum Gasteiger partial charge on any atom is -0.542 e. The first-order valence-corrected chi connectivity index (χ1v) is 4.80. The van der Waals surface area contributed by atoms with Gasteiger partial charge in [0.25, 0.3) is 0 Å². The van der Waals surface area contributed by atoms with E-state index in [2.05, 4.69) is 6.58 Å². The van der Waals surface area contributed by atoms with Gasteiger partial charge in [0.15, 0.2) is 6.23 Å². The summed E-state index contributed by atoms with van der Waals surface area (Å²) >= 11 is 0. The molecule has 0 saturated carbocycles. The molecule has 2 unspecified atom stereocenters. The number of aliphatic hydroxyl groups excluding tert-OH is 1. The maximum atomic E-state index is 10.9. The van der Waals surface area contributed by atoms with Crippen molar-refractivity contribution < 1.29 is 24.6 Å². The third-order valence-electron chi connectivity index (χ3n) is 2.90. The quantitative estimate of drug-likeness (QED) is 0.333. The molecule has 15 heavy (non-hydrogen) atoms. The Labute approximate surface area is 89.8 Å². The molecule has 0 saturated heterocycles. The second-order valence-electron chi connectivity index (χ2n) is 4.00. The zero-order chi connectivity index (χ0) is 12.3. The third kappa shape index (κ3) is 2.37. The van der Waals surface area contributed by atoms with Crippen LogP contribution in [0.15, 0.2) is 12.7 Å². The number of carbonyl (C=O) groups excluding carboxylic acids is 1. The second kappa shape index (κ2) is 4.74. The minimum atomic E-state index is -2.09. The van der Waals surface area contributed by atoms with E-state index in [-0.39, 0.29) is 12.8 Å². The molecule has 0 aromatic heterocycles. The number of likely N-dealkylation sites (N-methyl/N-ethyl adjacent to an activating group) is 1. The smallest absolute Gasteiger partial charge is 0.243 e. The van der Waals surface area contributed by atoms with Crippen molar-refractivity contribution in [3.05, 3.63) is 12.7 Å². The highest BCUT2D eigenvalue weighted by molar-refractivity contribution is 5.72. The number of quaternary nitrogens is 1. The zero-order valence-electron chi connectivity index (χ0n) is 9.43. The first kappa shape index (κ1) is 14.1. The number of rotatable bonds is 6. The number of carboxylic acids is 1. The Balaban J connectivity index is 5.11. The number of carboxylic acid groups (broad SMARTS) is 1. The van der Waals surface area contributed by atoms with Crippen molar-refractivity contribution in [1.82, 2.24) is 0 Å². The van der Waals surface area contributed by atoms with Gasteiger partial charge in [0.05, 0.1) is 14.1 Å². The molecule has 0 rings (SSSR count). The van der Waals surface area contributed by atoms with Gasteiger partial charge in [-0.05, 0) is 0 Å². The number of hydrogen-bond acceptors (Lipinski definition) is 4. The Hall–Kier alpha value is -0.910. The molecule has 88 valence electrons. The predicted molar refractivity (Wildman–Crippen MR) is 53.2 cm³/mol. The molecule has 0 spiro atoms. The highest BCUT2D eigenvalue weighted by Gasteiger charge is 2.48. The van der Waals surface area contributed by atoms with Gasteiger partial charge in [-0.25, -0.2) is 0 Å². The van der Waals surface area contributed by atoms with E-state index in [0.717, 1.165) is 0 Å². The lowest BCUT2D eigenvalue weighted by atomic mass is 10.1. The van der Waals surface area contributed by atoms with Crippen LogP contribution in [0.5, 0.6) is 0 Å². The second-order valence-corrected chi connectivity index (χ2v) is 4.00. The van der Waals surface area contributed by atoms with Crippen LogP contribution in [0.25, 0.3) is 0 Å². The number of hydrogen-bond donors (Lipinski definition) is 2. The van der Waals surface area contributed by atoms with Gasteiger partial charge in [0.1, 0.15) is 5.97 Å². The number of nitrogens with zero attached hydrogens (tertiary/aromatic N) is 1. The molecule has 0 bridgehead atoms. The van der Waals surface area contributed by atoms with Gasteiger partial charge in [-0.2, -0.15) is 0 Å². The lowest BCUT2D eigenvalue weighted by molar-refractivity contribution is -0.997. The molecule has 0 aliphatic heterocycles. The van der Waals surface area contributed by atoms with Crippen molar-refractivity contribution in [2.45, 2.75) is 31.7 Å². The average molecular weight is 217 g/mol. The van der Waals surface area contributed by atoms with Gasteiger partial charge in [-0.15, -0.1) is 6.58 Å². The summed E-state index contributed by atoms with van der Waals surface area (Å²) in [5, 5.41) is 30.6. The van der Waals surface area contributed by atoms with E-state index in [0.29, 0.717) is 0 Å². The third-order valence-corrected chi connectivity index (χ3v) is 2.90. The molecule has 5 heteroatoms. The minimum absolute atomic E-state index is 0.0451. The van der Waals surface area contributed by atoms with E-state index in [1.165, 1.54) is 27.1 Å². The highest BCUT2D eigenvalue weighted by atomic mass is 16.4. The SMILES string of the molecule is C=CCC(O)[N+](C)(C)C(O)(CC)C(=O)[O-]. The highest BCUT2D eigenvalue weighted by Crippen LogP contribution is 2.25. The average Bonchev–Trinajstić information content (AvgIpc) is 2.16. The van der Waals surface area contributed by atoms with Crippen LogP contribution < -0.4 is 5.11 Å². The van der Waals surface area contributed by atoms with Gasteiger partial charge in [-0.1, -0.05) is 13.0 Å². The van der Waals surface area contributed by atoms with Crippen LogP contribution in [-0.4, -0.2) is 46.7 Å². The van der Waals surface area contributed by atoms with Crippen LogP contribution in [0.2, 0.25) is 0 Å². The van der Waals surface area contributed by atoms with Crippen LogP contribution in [0.3, 0.4) is 0 Å². The molecule has 2 atom stereocenters. The molecule has 0 amide bonds. The first-order chi connectivity index (χ1) is 6.74. The maximum absolute atomic E-state index is 10.9. The molecule has 0 aromatic rings. The Morgan fingerprint density at radius 1 is 1.67 bits per heavy atom. The van der Waals surface area contributed by atoms with Gasteiger partial charge < -0.3 is 20.1 Å². The standard InChI is InChI=1S/C10H19NO4/c1-5-7-8(12)11(3,4)10(15,6-2)9(13)14/h5,8,12,15H,1,6-7H2,2-4H3. The van der Waals surface area contributed by atoms with E-state index >= 15 is 0 Å². The summed E-state index contributed by atoms with van der Waals surface area (Å²) in [6.45, 7) is 4.98. The predicted octanol–water partition coefficient (Wildman–Crippen LogP) is -1.19. The van der Waals surface area contributed by atoms with Gasteiger partial charge >= 0.3 is 0 Å². The van der Waals surface area contributed by atoms with E-state index in [4.69, 9.17) is 0 Å². The van der Waals surface area contributed by atoms with Gasteiger partial charge in [0, 0.05) is 12.8 Å². The largest absolute Gasteiger partial charge is 0.542 e. The van der Waals surface area contributed by atoms with Crippen LogP contribution in [0, 0.1) is 0 Å². The molecule has 0 heterocycles. The van der Waals surface area contributed by atoms with Crippen molar-refractivity contribution in [2.24, 2.45) is 0 Å². The van der Waals surface area contributed by atoms with Crippen molar-refractivity contribution in [3.8, 4) is 0 Å². The molecule has 0 radical (unpaired) electrons. The summed E-state index contributed by atoms with van der Waals surface area (Å²) in [7, 11) is 2.88. The summed E-state index contributed by atoms with van der Waals surface area (Å²) in [6.07, 6.45) is 0.583. The summed E-state index contributed by atoms with van der Waals surface area (Å²) in [5.74, 6) is -1.59. The van der Waals surface area contributed by atoms with Gasteiger partial charge in [0.2, 0.25) is 5.72 Å². The van der Waals surface area contributed by atoms with Crippen LogP contribution in [0.1, 0.15) is 19.8 Å². The van der Waals surface area contributed by atoms with Crippen molar-refractivity contribution >= 4 is 5.97 Å². The number of aliphatic hydroxyl groups is 2. The Bertz CT molecular complexity index is 252. The van der Waals surface area contributed by atoms with Crippen molar-refractivity contribution in [3.63, 3.8) is 0 Å². The first-order valence-electron chi connectivity index (χ1n) is 4.80. The Morgan fingerprint density at radius 2 is 2.13 bits per heavy atom. The lowest BCUT2D eigenvalue weighted by Crippen LogP contribution is -2.71. The molecule has 2 N–H and O–H groups in total. The lowest BCUT2D eigenvalue weighted by Gasteiger charge is -2.47. The molecule has 0 aliphatic carbocycles. The molecular weight excluding hydrogens is 198 g/mol. The van der Waals surface area contributed by atoms with Crippen LogP contribution in [0.4, 0.5) is 0 Å². The Kier molecular flexibility index (Phi) is 4.45. The fraction of sp³-hybridized carbons (Fsp3) is 0.700. The maximum Gasteiger partial charge on any atom is 0.243 e.